The van der Waals surface area contributed by atoms with E-state index in [0.717, 1.165) is 43.8 Å². The molecule has 5 heteroatoms. The molecular weight excluding hydrogens is 300 g/mol. The first-order valence-electron chi connectivity index (χ1n) is 8.53. The van der Waals surface area contributed by atoms with Crippen molar-refractivity contribution >= 4 is 11.2 Å². The van der Waals surface area contributed by atoms with Crippen molar-refractivity contribution in [3.05, 3.63) is 66.0 Å². The minimum Gasteiger partial charge on any atom is -0.392 e. The zero-order chi connectivity index (χ0) is 16.4. The van der Waals surface area contributed by atoms with E-state index in [2.05, 4.69) is 46.4 Å². The predicted octanol–water partition coefficient (Wildman–Crippen LogP) is 0.732. The molecule has 0 atom stereocenters. The number of benzene rings is 1. The largest absolute Gasteiger partial charge is 0.392 e. The second kappa shape index (κ2) is 6.63. The van der Waals surface area contributed by atoms with Gasteiger partial charge in [0.05, 0.1) is 50.1 Å². The van der Waals surface area contributed by atoms with Crippen molar-refractivity contribution in [2.24, 2.45) is 0 Å². The molecule has 124 valence electrons. The van der Waals surface area contributed by atoms with Gasteiger partial charge in [0.25, 0.3) is 0 Å². The van der Waals surface area contributed by atoms with Crippen LogP contribution in [0, 0.1) is 0 Å². The molecule has 0 saturated carbocycles. The lowest BCUT2D eigenvalue weighted by Gasteiger charge is -2.33. The summed E-state index contributed by atoms with van der Waals surface area (Å²) in [7, 11) is 0. The number of aliphatic hydroxyl groups excluding tert-OH is 1. The monoisotopic (exact) mass is 323 g/mol. The number of fused-ring (bicyclic) bond motifs is 1. The average Bonchev–Trinajstić information content (AvgIpc) is 3.05. The number of para-hydroxylation sites is 1. The first-order valence-corrected chi connectivity index (χ1v) is 8.53. The second-order valence-electron chi connectivity index (χ2n) is 6.44. The van der Waals surface area contributed by atoms with Gasteiger partial charge in [-0.25, -0.2) is 4.52 Å². The lowest BCUT2D eigenvalue weighted by atomic mass is 10.2. The highest BCUT2D eigenvalue weighted by atomic mass is 16.3. The Balaban J connectivity index is 1.42. The molecule has 0 radical (unpaired) electrons. The zero-order valence-corrected chi connectivity index (χ0v) is 13.7. The van der Waals surface area contributed by atoms with Gasteiger partial charge in [-0.2, -0.15) is 5.10 Å². The Morgan fingerprint density at radius 1 is 1.04 bits per heavy atom. The number of quaternary nitrogens is 1. The highest BCUT2D eigenvalue weighted by molar-refractivity contribution is 5.53. The van der Waals surface area contributed by atoms with E-state index < -0.39 is 0 Å². The molecule has 1 aromatic carbocycles. The molecule has 24 heavy (non-hydrogen) atoms. The minimum absolute atomic E-state index is 0.0534. The van der Waals surface area contributed by atoms with Crippen molar-refractivity contribution in [2.75, 3.05) is 31.1 Å². The van der Waals surface area contributed by atoms with Crippen LogP contribution in [-0.4, -0.2) is 40.9 Å². The standard InChI is InChI=1S/C19H22N4O/c24-15-16-6-7-19-17(12-20-23(19)13-16)14-21-8-10-22(11-9-21)18-4-2-1-3-5-18/h1-7,12-13,24H,8-11,14-15H2/p+1. The second-order valence-corrected chi connectivity index (χ2v) is 6.44. The van der Waals surface area contributed by atoms with Crippen molar-refractivity contribution < 1.29 is 10.0 Å². The van der Waals surface area contributed by atoms with Crippen LogP contribution >= 0.6 is 0 Å². The summed E-state index contributed by atoms with van der Waals surface area (Å²) in [6, 6.07) is 14.7. The van der Waals surface area contributed by atoms with Gasteiger partial charge in [0.15, 0.2) is 0 Å². The fourth-order valence-corrected chi connectivity index (χ4v) is 3.48. The third-order valence-corrected chi connectivity index (χ3v) is 4.87. The van der Waals surface area contributed by atoms with E-state index in [1.54, 1.807) is 4.90 Å². The molecule has 5 nitrogen and oxygen atoms in total. The molecule has 0 unspecified atom stereocenters. The molecule has 2 N–H and O–H groups in total. The van der Waals surface area contributed by atoms with Crippen molar-refractivity contribution in [2.45, 2.75) is 13.2 Å². The maximum atomic E-state index is 9.23. The van der Waals surface area contributed by atoms with Gasteiger partial charge in [0.1, 0.15) is 6.54 Å². The summed E-state index contributed by atoms with van der Waals surface area (Å²) in [6.45, 7) is 5.52. The van der Waals surface area contributed by atoms with E-state index in [1.165, 1.54) is 11.3 Å². The Kier molecular flexibility index (Phi) is 4.19. The molecule has 1 aliphatic heterocycles. The molecule has 1 fully saturated rings. The van der Waals surface area contributed by atoms with Crippen molar-refractivity contribution in [3.8, 4) is 0 Å². The Bertz CT molecular complexity index is 807. The molecule has 0 amide bonds. The summed E-state index contributed by atoms with van der Waals surface area (Å²) < 4.78 is 1.88. The Labute approximate surface area is 141 Å². The summed E-state index contributed by atoms with van der Waals surface area (Å²) in [6.07, 6.45) is 3.87. The van der Waals surface area contributed by atoms with E-state index >= 15 is 0 Å². The van der Waals surface area contributed by atoms with Crippen LogP contribution in [0.2, 0.25) is 0 Å². The highest BCUT2D eigenvalue weighted by Crippen LogP contribution is 2.14. The third kappa shape index (κ3) is 3.00. The quantitative estimate of drug-likeness (QED) is 0.744. The lowest BCUT2D eigenvalue weighted by Crippen LogP contribution is -3.13. The van der Waals surface area contributed by atoms with Crippen LogP contribution in [0.3, 0.4) is 0 Å². The van der Waals surface area contributed by atoms with Gasteiger partial charge in [-0.05, 0) is 23.8 Å². The van der Waals surface area contributed by atoms with Gasteiger partial charge in [0.2, 0.25) is 0 Å². The molecule has 3 aromatic rings. The predicted molar refractivity (Wildman–Crippen MR) is 94.2 cm³/mol. The fourth-order valence-electron chi connectivity index (χ4n) is 3.48. The van der Waals surface area contributed by atoms with E-state index in [1.807, 2.05) is 23.0 Å². The number of nitrogens with one attached hydrogen (secondary N) is 1. The van der Waals surface area contributed by atoms with Crippen LogP contribution in [-0.2, 0) is 13.2 Å². The number of hydrogen-bond acceptors (Lipinski definition) is 3. The Hall–Kier alpha value is -2.37. The minimum atomic E-state index is 0.0534. The van der Waals surface area contributed by atoms with Crippen LogP contribution in [0.25, 0.3) is 5.52 Å². The molecule has 2 aromatic heterocycles. The lowest BCUT2D eigenvalue weighted by molar-refractivity contribution is -0.914. The molecule has 3 heterocycles. The van der Waals surface area contributed by atoms with Gasteiger partial charge in [-0.1, -0.05) is 24.3 Å². The van der Waals surface area contributed by atoms with E-state index in [4.69, 9.17) is 0 Å². The molecule has 0 spiro atoms. The molecule has 4 rings (SSSR count). The number of piperazine rings is 1. The van der Waals surface area contributed by atoms with Crippen LogP contribution in [0.1, 0.15) is 11.1 Å². The number of rotatable bonds is 4. The summed E-state index contributed by atoms with van der Waals surface area (Å²) >= 11 is 0. The summed E-state index contributed by atoms with van der Waals surface area (Å²) in [5.41, 5.74) is 4.64. The van der Waals surface area contributed by atoms with Crippen molar-refractivity contribution in [1.82, 2.24) is 9.61 Å². The number of aliphatic hydroxyl groups is 1. The van der Waals surface area contributed by atoms with Crippen LogP contribution in [0.5, 0.6) is 0 Å². The van der Waals surface area contributed by atoms with Crippen LogP contribution in [0.4, 0.5) is 5.69 Å². The topological polar surface area (TPSA) is 45.2 Å². The summed E-state index contributed by atoms with van der Waals surface area (Å²) in [5.74, 6) is 0. The van der Waals surface area contributed by atoms with Crippen LogP contribution in [0.15, 0.2) is 54.9 Å². The smallest absolute Gasteiger partial charge is 0.107 e. The Morgan fingerprint density at radius 2 is 1.83 bits per heavy atom. The first-order chi connectivity index (χ1) is 11.8. The van der Waals surface area contributed by atoms with Gasteiger partial charge < -0.3 is 14.9 Å². The first kappa shape index (κ1) is 15.2. The number of nitrogens with zero attached hydrogens (tertiary/aromatic N) is 3. The molecule has 0 bridgehead atoms. The summed E-state index contributed by atoms with van der Waals surface area (Å²) in [5, 5.41) is 13.7. The molecular formula is C19H23N4O+. The van der Waals surface area contributed by atoms with Gasteiger partial charge in [0, 0.05) is 11.9 Å². The van der Waals surface area contributed by atoms with Crippen molar-refractivity contribution in [3.63, 3.8) is 0 Å². The van der Waals surface area contributed by atoms with E-state index in [9.17, 15) is 5.11 Å². The average molecular weight is 323 g/mol. The number of pyridine rings is 1. The molecule has 1 aliphatic rings. The van der Waals surface area contributed by atoms with Crippen LogP contribution < -0.4 is 9.80 Å². The van der Waals surface area contributed by atoms with E-state index in [-0.39, 0.29) is 6.61 Å². The Morgan fingerprint density at radius 3 is 2.58 bits per heavy atom. The van der Waals surface area contributed by atoms with Gasteiger partial charge >= 0.3 is 0 Å². The zero-order valence-electron chi connectivity index (χ0n) is 13.7. The maximum Gasteiger partial charge on any atom is 0.107 e. The number of anilines is 1. The number of aromatic nitrogens is 2. The SMILES string of the molecule is OCc1ccc2c(C[NH+]3CCN(c4ccccc4)CC3)cnn2c1. The van der Waals surface area contributed by atoms with Gasteiger partial charge in [-0.15, -0.1) is 0 Å². The highest BCUT2D eigenvalue weighted by Gasteiger charge is 2.21. The van der Waals surface area contributed by atoms with Gasteiger partial charge in [-0.3, -0.25) is 0 Å². The third-order valence-electron chi connectivity index (χ3n) is 4.87. The normalized spacial score (nSPS) is 16.0. The summed E-state index contributed by atoms with van der Waals surface area (Å²) in [4.78, 5) is 4.07. The number of hydrogen-bond donors (Lipinski definition) is 2. The molecule has 1 saturated heterocycles. The fraction of sp³-hybridized carbons (Fsp3) is 0.316. The van der Waals surface area contributed by atoms with E-state index in [0.29, 0.717) is 0 Å². The molecule has 0 aliphatic carbocycles. The van der Waals surface area contributed by atoms with Crippen molar-refractivity contribution in [1.29, 1.82) is 0 Å². The maximum absolute atomic E-state index is 9.23.